The zero-order valence-electron chi connectivity index (χ0n) is 11.4. The first kappa shape index (κ1) is 13.8. The van der Waals surface area contributed by atoms with Crippen LogP contribution in [0.15, 0.2) is 0 Å². The molecule has 0 radical (unpaired) electrons. The van der Waals surface area contributed by atoms with E-state index in [2.05, 4.69) is 0 Å². The molecule has 104 valence electrons. The maximum Gasteiger partial charge on any atom is 0.225 e. The summed E-state index contributed by atoms with van der Waals surface area (Å²) in [6.45, 7) is 3.93. The summed E-state index contributed by atoms with van der Waals surface area (Å²) in [5.41, 5.74) is 5.67. The van der Waals surface area contributed by atoms with E-state index in [0.717, 1.165) is 19.4 Å². The summed E-state index contributed by atoms with van der Waals surface area (Å²) in [6, 6.07) is 0. The van der Waals surface area contributed by atoms with E-state index < -0.39 is 0 Å². The molecule has 2 unspecified atom stereocenters. The highest BCUT2D eigenvalue weighted by molar-refractivity contribution is 5.79. The molecule has 0 bridgehead atoms. The van der Waals surface area contributed by atoms with Gasteiger partial charge in [0.1, 0.15) is 0 Å². The van der Waals surface area contributed by atoms with Crippen molar-refractivity contribution in [2.24, 2.45) is 11.7 Å². The Morgan fingerprint density at radius 2 is 1.89 bits per heavy atom. The Hall–Kier alpha value is -0.610. The molecular weight excluding hydrogens is 228 g/mol. The second-order valence-electron chi connectivity index (χ2n) is 5.74. The molecule has 2 N–H and O–H groups in total. The molecule has 18 heavy (non-hydrogen) atoms. The van der Waals surface area contributed by atoms with Crippen molar-refractivity contribution in [3.63, 3.8) is 0 Å². The molecule has 1 saturated carbocycles. The molecule has 2 rings (SSSR count). The molecule has 0 aromatic carbocycles. The van der Waals surface area contributed by atoms with Crippen LogP contribution in [0.3, 0.4) is 0 Å². The van der Waals surface area contributed by atoms with Crippen molar-refractivity contribution in [2.75, 3.05) is 19.6 Å². The van der Waals surface area contributed by atoms with Crippen LogP contribution >= 0.6 is 0 Å². The van der Waals surface area contributed by atoms with Crippen LogP contribution in [-0.4, -0.2) is 42.6 Å². The fraction of sp³-hybridized carbons (Fsp3) is 0.929. The molecule has 0 aromatic rings. The van der Waals surface area contributed by atoms with E-state index >= 15 is 0 Å². The van der Waals surface area contributed by atoms with Crippen LogP contribution in [0.4, 0.5) is 0 Å². The number of amides is 1. The topological polar surface area (TPSA) is 55.6 Å². The van der Waals surface area contributed by atoms with Crippen molar-refractivity contribution in [1.82, 2.24) is 4.90 Å². The summed E-state index contributed by atoms with van der Waals surface area (Å²) in [4.78, 5) is 14.5. The van der Waals surface area contributed by atoms with Gasteiger partial charge in [-0.15, -0.1) is 0 Å². The largest absolute Gasteiger partial charge is 0.370 e. The van der Waals surface area contributed by atoms with Crippen LogP contribution in [0.1, 0.15) is 45.4 Å². The number of nitrogens with two attached hydrogens (primary N) is 1. The minimum absolute atomic E-state index is 0.0171. The Morgan fingerprint density at radius 3 is 2.50 bits per heavy atom. The lowest BCUT2D eigenvalue weighted by molar-refractivity contribution is -0.148. The number of ether oxygens (including phenoxy) is 1. The maximum absolute atomic E-state index is 12.5. The summed E-state index contributed by atoms with van der Waals surface area (Å²) in [6.07, 6.45) is 7.25. The van der Waals surface area contributed by atoms with Crippen molar-refractivity contribution < 1.29 is 9.53 Å². The maximum atomic E-state index is 12.5. The highest BCUT2D eigenvalue weighted by Gasteiger charge is 2.31. The third kappa shape index (κ3) is 3.45. The number of morpholine rings is 1. The fourth-order valence-electron chi connectivity index (χ4n) is 3.14. The van der Waals surface area contributed by atoms with Crippen LogP contribution in [-0.2, 0) is 9.53 Å². The second kappa shape index (κ2) is 6.53. The van der Waals surface area contributed by atoms with Gasteiger partial charge in [0.15, 0.2) is 0 Å². The van der Waals surface area contributed by atoms with Gasteiger partial charge in [-0.05, 0) is 19.8 Å². The molecule has 4 nitrogen and oxygen atoms in total. The minimum atomic E-state index is 0.0171. The van der Waals surface area contributed by atoms with Crippen LogP contribution < -0.4 is 5.73 Å². The van der Waals surface area contributed by atoms with E-state index in [1.807, 2.05) is 11.8 Å². The molecule has 1 amide bonds. The zero-order valence-corrected chi connectivity index (χ0v) is 11.4. The lowest BCUT2D eigenvalue weighted by Gasteiger charge is -2.38. The standard InChI is InChI=1S/C14H26N2O2/c1-11-9-16(10-13(8-15)18-11)14(17)12-6-4-2-3-5-7-12/h11-13H,2-10,15H2,1H3. The van der Waals surface area contributed by atoms with Gasteiger partial charge in [0.05, 0.1) is 12.2 Å². The third-order valence-electron chi connectivity index (χ3n) is 4.11. The highest BCUT2D eigenvalue weighted by Crippen LogP contribution is 2.25. The highest BCUT2D eigenvalue weighted by atomic mass is 16.5. The Morgan fingerprint density at radius 1 is 1.22 bits per heavy atom. The van der Waals surface area contributed by atoms with Gasteiger partial charge in [-0.1, -0.05) is 25.7 Å². The zero-order chi connectivity index (χ0) is 13.0. The lowest BCUT2D eigenvalue weighted by Crippen LogP contribution is -2.52. The number of nitrogens with zero attached hydrogens (tertiary/aromatic N) is 1. The van der Waals surface area contributed by atoms with Gasteiger partial charge in [0.25, 0.3) is 0 Å². The lowest BCUT2D eigenvalue weighted by atomic mass is 9.98. The van der Waals surface area contributed by atoms with E-state index in [0.29, 0.717) is 19.0 Å². The molecule has 0 aromatic heterocycles. The van der Waals surface area contributed by atoms with Crippen LogP contribution in [0.2, 0.25) is 0 Å². The first-order valence-electron chi connectivity index (χ1n) is 7.35. The molecule has 2 aliphatic rings. The first-order chi connectivity index (χ1) is 8.70. The smallest absolute Gasteiger partial charge is 0.225 e. The number of hydrogen-bond donors (Lipinski definition) is 1. The van der Waals surface area contributed by atoms with Crippen LogP contribution in [0.25, 0.3) is 0 Å². The normalized spacial score (nSPS) is 31.1. The van der Waals surface area contributed by atoms with Gasteiger partial charge in [0.2, 0.25) is 5.91 Å². The average Bonchev–Trinajstić information content (AvgIpc) is 2.65. The Balaban J connectivity index is 1.94. The second-order valence-corrected chi connectivity index (χ2v) is 5.74. The molecule has 2 atom stereocenters. The number of hydrogen-bond acceptors (Lipinski definition) is 3. The monoisotopic (exact) mass is 254 g/mol. The Kier molecular flexibility index (Phi) is 5.01. The molecule has 1 aliphatic heterocycles. The summed E-state index contributed by atoms with van der Waals surface area (Å²) >= 11 is 0. The summed E-state index contributed by atoms with van der Waals surface area (Å²) in [5, 5.41) is 0. The first-order valence-corrected chi connectivity index (χ1v) is 7.35. The van der Waals surface area contributed by atoms with Crippen molar-refractivity contribution in [2.45, 2.75) is 57.7 Å². The number of carbonyl (C=O) groups excluding carboxylic acids is 1. The van der Waals surface area contributed by atoms with Crippen molar-refractivity contribution in [3.8, 4) is 0 Å². The van der Waals surface area contributed by atoms with Gasteiger partial charge in [-0.25, -0.2) is 0 Å². The number of rotatable bonds is 2. The van der Waals surface area contributed by atoms with Gasteiger partial charge < -0.3 is 15.4 Å². The van der Waals surface area contributed by atoms with E-state index in [4.69, 9.17) is 10.5 Å². The number of carbonyl (C=O) groups is 1. The van der Waals surface area contributed by atoms with Gasteiger partial charge >= 0.3 is 0 Å². The SMILES string of the molecule is CC1CN(C(=O)C2CCCCCC2)CC(CN)O1. The Labute approximate surface area is 110 Å². The molecule has 4 heteroatoms. The van der Waals surface area contributed by atoms with Crippen LogP contribution in [0.5, 0.6) is 0 Å². The van der Waals surface area contributed by atoms with Gasteiger partial charge in [0, 0.05) is 25.6 Å². The minimum Gasteiger partial charge on any atom is -0.370 e. The van der Waals surface area contributed by atoms with Gasteiger partial charge in [-0.2, -0.15) is 0 Å². The molecular formula is C14H26N2O2. The molecule has 1 aliphatic carbocycles. The predicted molar refractivity (Wildman–Crippen MR) is 71.2 cm³/mol. The Bertz CT molecular complexity index is 275. The van der Waals surface area contributed by atoms with E-state index in [1.54, 1.807) is 0 Å². The van der Waals surface area contributed by atoms with E-state index in [9.17, 15) is 4.79 Å². The molecule has 1 saturated heterocycles. The molecule has 1 heterocycles. The summed E-state index contributed by atoms with van der Waals surface area (Å²) < 4.78 is 5.71. The van der Waals surface area contributed by atoms with Crippen LogP contribution in [0, 0.1) is 5.92 Å². The molecule has 2 fully saturated rings. The predicted octanol–water partition coefficient (Wildman–Crippen LogP) is 1.53. The van der Waals surface area contributed by atoms with Gasteiger partial charge in [-0.3, -0.25) is 4.79 Å². The van der Waals surface area contributed by atoms with Crippen molar-refractivity contribution in [3.05, 3.63) is 0 Å². The quantitative estimate of drug-likeness (QED) is 0.760. The third-order valence-corrected chi connectivity index (χ3v) is 4.11. The summed E-state index contributed by atoms with van der Waals surface area (Å²) in [5.74, 6) is 0.585. The van der Waals surface area contributed by atoms with Crippen molar-refractivity contribution in [1.29, 1.82) is 0 Å². The molecule has 0 spiro atoms. The van der Waals surface area contributed by atoms with E-state index in [1.165, 1.54) is 25.7 Å². The average molecular weight is 254 g/mol. The van der Waals surface area contributed by atoms with Crippen molar-refractivity contribution >= 4 is 5.91 Å². The van der Waals surface area contributed by atoms with E-state index in [-0.39, 0.29) is 18.1 Å². The fourth-order valence-corrected chi connectivity index (χ4v) is 3.14. The summed E-state index contributed by atoms with van der Waals surface area (Å²) in [7, 11) is 0.